The molecule has 2 rings (SSSR count). The second kappa shape index (κ2) is 7.89. The van der Waals surface area contributed by atoms with Crippen LogP contribution in [0.25, 0.3) is 11.3 Å². The summed E-state index contributed by atoms with van der Waals surface area (Å²) in [6, 6.07) is 6.71. The summed E-state index contributed by atoms with van der Waals surface area (Å²) in [5.41, 5.74) is 0.0612. The molecule has 0 saturated carbocycles. The molecule has 0 radical (unpaired) electrons. The average Bonchev–Trinajstić information content (AvgIpc) is 2.99. The lowest BCUT2D eigenvalue weighted by Crippen LogP contribution is -2.32. The minimum absolute atomic E-state index is 0.0443. The molecule has 6 nitrogen and oxygen atoms in total. The molecule has 2 aromatic rings. The minimum atomic E-state index is -0.847. The summed E-state index contributed by atoms with van der Waals surface area (Å²) in [4.78, 5) is 24.7. The van der Waals surface area contributed by atoms with Gasteiger partial charge in [-0.15, -0.1) is 11.6 Å². The van der Waals surface area contributed by atoms with Gasteiger partial charge in [-0.2, -0.15) is 0 Å². The summed E-state index contributed by atoms with van der Waals surface area (Å²) in [6.45, 7) is 5.21. The number of benzene rings is 1. The van der Waals surface area contributed by atoms with Gasteiger partial charge in [0.05, 0.1) is 12.0 Å². The fourth-order valence-corrected chi connectivity index (χ4v) is 2.15. The van der Waals surface area contributed by atoms with E-state index in [1.165, 1.54) is 0 Å². The molecular formula is C17H18Cl2N2O4. The summed E-state index contributed by atoms with van der Waals surface area (Å²) in [5, 5.41) is 7.02. The summed E-state index contributed by atoms with van der Waals surface area (Å²) in [7, 11) is 0. The smallest absolute Gasteiger partial charge is 0.346 e. The fraction of sp³-hybridized carbons (Fsp3) is 0.353. The van der Waals surface area contributed by atoms with Gasteiger partial charge < -0.3 is 9.26 Å². The van der Waals surface area contributed by atoms with Crippen LogP contribution in [0.3, 0.4) is 0 Å². The Balaban J connectivity index is 2.45. The van der Waals surface area contributed by atoms with Crippen molar-refractivity contribution in [2.45, 2.75) is 20.8 Å². The van der Waals surface area contributed by atoms with Gasteiger partial charge in [-0.25, -0.2) is 4.79 Å². The first kappa shape index (κ1) is 19.3. The van der Waals surface area contributed by atoms with Gasteiger partial charge in [0.15, 0.2) is 5.56 Å². The van der Waals surface area contributed by atoms with Gasteiger partial charge in [-0.05, 0) is 32.9 Å². The predicted octanol–water partition coefficient (Wildman–Crippen LogP) is 4.38. The number of nitrogens with one attached hydrogen (secondary N) is 1. The van der Waals surface area contributed by atoms with Gasteiger partial charge in [-0.1, -0.05) is 28.9 Å². The summed E-state index contributed by atoms with van der Waals surface area (Å²) >= 11 is 11.7. The molecule has 0 unspecified atom stereocenters. The second-order valence-electron chi connectivity index (χ2n) is 5.93. The molecule has 0 atom stereocenters. The van der Waals surface area contributed by atoms with Gasteiger partial charge in [0.1, 0.15) is 5.69 Å². The maximum Gasteiger partial charge on any atom is 0.346 e. The number of amides is 1. The first-order chi connectivity index (χ1) is 11.8. The molecule has 0 aliphatic carbocycles. The van der Waals surface area contributed by atoms with Crippen molar-refractivity contribution in [3.05, 3.63) is 34.9 Å². The Labute approximate surface area is 155 Å². The normalized spacial score (nSPS) is 11.2. The van der Waals surface area contributed by atoms with Crippen molar-refractivity contribution in [3.8, 4) is 11.3 Å². The van der Waals surface area contributed by atoms with Gasteiger partial charge in [-0.3, -0.25) is 10.1 Å². The number of ether oxygens (including phenoxy) is 1. The van der Waals surface area contributed by atoms with Crippen molar-refractivity contribution in [2.75, 3.05) is 17.8 Å². The zero-order valence-corrected chi connectivity index (χ0v) is 15.6. The molecule has 1 aromatic heterocycles. The molecule has 1 amide bonds. The zero-order chi connectivity index (χ0) is 18.6. The molecule has 25 heavy (non-hydrogen) atoms. The lowest BCUT2D eigenvalue weighted by Gasteiger charge is -2.19. The number of halogens is 2. The first-order valence-corrected chi connectivity index (χ1v) is 8.51. The number of esters is 1. The van der Waals surface area contributed by atoms with Gasteiger partial charge in [0.2, 0.25) is 11.8 Å². The molecule has 1 aromatic carbocycles. The average molecular weight is 385 g/mol. The molecule has 0 fully saturated rings. The summed E-state index contributed by atoms with van der Waals surface area (Å²) in [6.07, 6.45) is 0. The maximum absolute atomic E-state index is 12.4. The van der Waals surface area contributed by atoms with E-state index in [1.54, 1.807) is 45.0 Å². The molecular weight excluding hydrogens is 367 g/mol. The number of alkyl halides is 1. The molecule has 0 aliphatic heterocycles. The predicted molar refractivity (Wildman–Crippen MR) is 96.0 cm³/mol. The SMILES string of the molecule is CCOC(=O)c1c(-c2ccc(Cl)cc2)noc1NC(=O)C(C)(C)CCl. The van der Waals surface area contributed by atoms with Crippen molar-refractivity contribution in [3.63, 3.8) is 0 Å². The highest BCUT2D eigenvalue weighted by Gasteiger charge is 2.32. The van der Waals surface area contributed by atoms with E-state index in [9.17, 15) is 9.59 Å². The van der Waals surface area contributed by atoms with Crippen LogP contribution in [0.5, 0.6) is 0 Å². The molecule has 0 aliphatic rings. The Morgan fingerprint density at radius 1 is 1.28 bits per heavy atom. The van der Waals surface area contributed by atoms with Crippen LogP contribution in [0.2, 0.25) is 5.02 Å². The molecule has 0 saturated heterocycles. The van der Waals surface area contributed by atoms with E-state index in [2.05, 4.69) is 10.5 Å². The van der Waals surface area contributed by atoms with E-state index in [-0.39, 0.29) is 29.6 Å². The first-order valence-electron chi connectivity index (χ1n) is 7.60. The third kappa shape index (κ3) is 4.32. The maximum atomic E-state index is 12.4. The largest absolute Gasteiger partial charge is 0.462 e. The molecule has 1 heterocycles. The number of nitrogens with zero attached hydrogens (tertiary/aromatic N) is 1. The standard InChI is InChI=1S/C17H18Cl2N2O4/c1-4-24-15(22)12-13(10-5-7-11(19)8-6-10)21-25-14(12)20-16(23)17(2,3)9-18/h5-8H,4,9H2,1-3H3,(H,20,23). The summed E-state index contributed by atoms with van der Waals surface area (Å²) < 4.78 is 10.3. The van der Waals surface area contributed by atoms with E-state index in [4.69, 9.17) is 32.5 Å². The minimum Gasteiger partial charge on any atom is -0.462 e. The van der Waals surface area contributed by atoms with E-state index in [0.29, 0.717) is 10.6 Å². The van der Waals surface area contributed by atoms with E-state index in [0.717, 1.165) is 0 Å². The van der Waals surface area contributed by atoms with Crippen LogP contribution >= 0.6 is 23.2 Å². The van der Waals surface area contributed by atoms with Crippen LogP contribution in [0, 0.1) is 5.41 Å². The molecule has 0 bridgehead atoms. The Kier molecular flexibility index (Phi) is 6.08. The van der Waals surface area contributed by atoms with Crippen molar-refractivity contribution < 1.29 is 18.8 Å². The molecule has 0 spiro atoms. The third-order valence-electron chi connectivity index (χ3n) is 3.47. The lowest BCUT2D eigenvalue weighted by atomic mass is 9.95. The van der Waals surface area contributed by atoms with Crippen molar-refractivity contribution in [2.24, 2.45) is 5.41 Å². The number of rotatable bonds is 6. The Hall–Kier alpha value is -2.05. The zero-order valence-electron chi connectivity index (χ0n) is 14.1. The van der Waals surface area contributed by atoms with Crippen LogP contribution in [-0.4, -0.2) is 29.5 Å². The van der Waals surface area contributed by atoms with Crippen LogP contribution < -0.4 is 5.32 Å². The van der Waals surface area contributed by atoms with Crippen molar-refractivity contribution >= 4 is 41.0 Å². The molecule has 134 valence electrons. The van der Waals surface area contributed by atoms with Crippen LogP contribution in [0.15, 0.2) is 28.8 Å². The number of anilines is 1. The van der Waals surface area contributed by atoms with Crippen LogP contribution in [0.4, 0.5) is 5.88 Å². The topological polar surface area (TPSA) is 81.4 Å². The van der Waals surface area contributed by atoms with E-state index >= 15 is 0 Å². The number of carbonyl (C=O) groups excluding carboxylic acids is 2. The fourth-order valence-electron chi connectivity index (χ4n) is 1.91. The Morgan fingerprint density at radius 3 is 2.48 bits per heavy atom. The quantitative estimate of drug-likeness (QED) is 0.590. The van der Waals surface area contributed by atoms with Gasteiger partial charge >= 0.3 is 5.97 Å². The third-order valence-corrected chi connectivity index (χ3v) is 4.39. The van der Waals surface area contributed by atoms with Crippen molar-refractivity contribution in [1.29, 1.82) is 0 Å². The number of carbonyl (C=O) groups is 2. The van der Waals surface area contributed by atoms with Gasteiger partial charge in [0, 0.05) is 16.5 Å². The second-order valence-corrected chi connectivity index (χ2v) is 6.64. The monoisotopic (exact) mass is 384 g/mol. The van der Waals surface area contributed by atoms with E-state index < -0.39 is 17.3 Å². The van der Waals surface area contributed by atoms with E-state index in [1.807, 2.05) is 0 Å². The molecule has 1 N–H and O–H groups in total. The van der Waals surface area contributed by atoms with Gasteiger partial charge in [0.25, 0.3) is 0 Å². The number of aromatic nitrogens is 1. The number of hydrogen-bond acceptors (Lipinski definition) is 5. The highest BCUT2D eigenvalue weighted by atomic mass is 35.5. The van der Waals surface area contributed by atoms with Crippen molar-refractivity contribution in [1.82, 2.24) is 5.16 Å². The number of hydrogen-bond donors (Lipinski definition) is 1. The van der Waals surface area contributed by atoms with Crippen LogP contribution in [-0.2, 0) is 9.53 Å². The summed E-state index contributed by atoms with van der Waals surface area (Å²) in [5.74, 6) is -1.02. The Morgan fingerprint density at radius 2 is 1.92 bits per heavy atom. The lowest BCUT2D eigenvalue weighted by molar-refractivity contribution is -0.123. The highest BCUT2D eigenvalue weighted by molar-refractivity contribution is 6.30. The molecule has 8 heteroatoms. The Bertz CT molecular complexity index is 769. The highest BCUT2D eigenvalue weighted by Crippen LogP contribution is 2.31. The van der Waals surface area contributed by atoms with Crippen LogP contribution in [0.1, 0.15) is 31.1 Å².